The third-order valence-corrected chi connectivity index (χ3v) is 12.3. The molecule has 8 rings (SSSR count). The van der Waals surface area contributed by atoms with E-state index in [0.717, 1.165) is 81.6 Å². The van der Waals surface area contributed by atoms with Crippen LogP contribution in [-0.2, 0) is 45.2 Å². The van der Waals surface area contributed by atoms with Gasteiger partial charge in [-0.05, 0) is 106 Å². The molecule has 0 saturated carbocycles. The van der Waals surface area contributed by atoms with Crippen molar-refractivity contribution in [2.45, 2.75) is 79.1 Å². The maximum Gasteiger partial charge on any atom is 2.00 e. The van der Waals surface area contributed by atoms with E-state index in [-0.39, 0.29) is 42.8 Å². The second-order valence-electron chi connectivity index (χ2n) is 16.8. The number of hydrogen-bond donors (Lipinski definition) is 0. The second-order valence-corrected chi connectivity index (χ2v) is 16.8. The molecular weight excluding hydrogens is 870 g/mol. The SMILES string of the molecule is CCc1cccc(CC)c1N=Cc1cc(C)cc(C(c2ccccc2)c2ccccc2)c1[O-].CCc1cccc(CC)c1N=Cc1cc(C)cc(C(c2ccccc2)c2ccccc2)c1[O-].[Zn+2]. The van der Waals surface area contributed by atoms with Crippen LogP contribution < -0.4 is 10.2 Å². The Morgan fingerprint density at radius 2 is 0.657 bits per heavy atom. The normalized spacial score (nSPS) is 11.2. The van der Waals surface area contributed by atoms with Gasteiger partial charge < -0.3 is 10.2 Å². The molecule has 5 heteroatoms. The van der Waals surface area contributed by atoms with Gasteiger partial charge in [-0.15, -0.1) is 0 Å². The van der Waals surface area contributed by atoms with Crippen LogP contribution in [-0.4, -0.2) is 12.4 Å². The number of benzene rings is 8. The van der Waals surface area contributed by atoms with Gasteiger partial charge >= 0.3 is 19.5 Å². The van der Waals surface area contributed by atoms with Gasteiger partial charge in [-0.1, -0.05) is 232 Å². The standard InChI is InChI=1S/2C31H31NO.Zn/c2*1-4-23-17-12-18-24(5-2)30(23)32-21-27-19-22(3)20-28(31(27)33)29(25-13-8-6-9-14-25)26-15-10-7-11-16-26;/h2*6-21,29,33H,4-5H2,1-3H3;/q;;+2/p-2. The van der Waals surface area contributed by atoms with Crippen molar-refractivity contribution in [2.75, 3.05) is 0 Å². The molecular formula is C62H60N2O2Zn. The Balaban J connectivity index is 0.000000218. The molecule has 0 spiro atoms. The van der Waals surface area contributed by atoms with Gasteiger partial charge in [0.05, 0.1) is 11.4 Å². The molecule has 0 aliphatic heterocycles. The molecule has 0 saturated heterocycles. The Hall–Kier alpha value is -6.68. The van der Waals surface area contributed by atoms with Crippen LogP contribution in [0.1, 0.15) is 117 Å². The maximum absolute atomic E-state index is 13.7. The van der Waals surface area contributed by atoms with Crippen LogP contribution in [0.5, 0.6) is 11.5 Å². The molecule has 332 valence electrons. The summed E-state index contributed by atoms with van der Waals surface area (Å²) < 4.78 is 0. The monoisotopic (exact) mass is 928 g/mol. The van der Waals surface area contributed by atoms with Crippen molar-refractivity contribution >= 4 is 23.8 Å². The molecule has 0 fully saturated rings. The zero-order valence-electron chi connectivity index (χ0n) is 39.9. The van der Waals surface area contributed by atoms with E-state index >= 15 is 0 Å². The number of aryl methyl sites for hydroxylation is 6. The first-order valence-electron chi connectivity index (χ1n) is 23.4. The molecule has 67 heavy (non-hydrogen) atoms. The van der Waals surface area contributed by atoms with E-state index in [1.165, 1.54) is 22.3 Å². The van der Waals surface area contributed by atoms with E-state index in [2.05, 4.69) is 113 Å². The Labute approximate surface area is 411 Å². The van der Waals surface area contributed by atoms with Crippen molar-refractivity contribution in [3.05, 3.63) is 260 Å². The fraction of sp³-hybridized carbons (Fsp3) is 0.194. The first-order valence-corrected chi connectivity index (χ1v) is 23.4. The molecule has 8 aromatic rings. The minimum absolute atomic E-state index is 0. The maximum atomic E-state index is 13.7. The van der Waals surface area contributed by atoms with Crippen LogP contribution in [0, 0.1) is 13.8 Å². The van der Waals surface area contributed by atoms with Gasteiger partial charge in [0.2, 0.25) is 0 Å². The average molecular weight is 931 g/mol. The molecule has 4 nitrogen and oxygen atoms in total. The third kappa shape index (κ3) is 12.0. The van der Waals surface area contributed by atoms with Gasteiger partial charge in [0.15, 0.2) is 0 Å². The van der Waals surface area contributed by atoms with Crippen molar-refractivity contribution in [2.24, 2.45) is 9.98 Å². The summed E-state index contributed by atoms with van der Waals surface area (Å²) in [5.41, 5.74) is 16.2. The molecule has 8 aromatic carbocycles. The zero-order valence-corrected chi connectivity index (χ0v) is 42.8. The van der Waals surface area contributed by atoms with Crippen molar-refractivity contribution in [3.8, 4) is 11.5 Å². The smallest absolute Gasteiger partial charge is 0.872 e. The Kier molecular flexibility index (Phi) is 18.0. The number of rotatable bonds is 14. The summed E-state index contributed by atoms with van der Waals surface area (Å²) in [6, 6.07) is 61.6. The molecule has 0 N–H and O–H groups in total. The first kappa shape index (κ1) is 49.8. The van der Waals surface area contributed by atoms with Crippen LogP contribution >= 0.6 is 0 Å². The summed E-state index contributed by atoms with van der Waals surface area (Å²) in [6.07, 6.45) is 7.17. The van der Waals surface area contributed by atoms with Crippen LogP contribution in [0.3, 0.4) is 0 Å². The summed E-state index contributed by atoms with van der Waals surface area (Å²) in [7, 11) is 0. The van der Waals surface area contributed by atoms with E-state index in [9.17, 15) is 10.2 Å². The van der Waals surface area contributed by atoms with Gasteiger partial charge in [-0.25, -0.2) is 0 Å². The summed E-state index contributed by atoms with van der Waals surface area (Å²) in [5.74, 6) is -0.176. The summed E-state index contributed by atoms with van der Waals surface area (Å²) in [6.45, 7) is 12.7. The third-order valence-electron chi connectivity index (χ3n) is 12.3. The second kappa shape index (κ2) is 24.2. The number of aliphatic imine (C=N–C) groups is 2. The van der Waals surface area contributed by atoms with Gasteiger partial charge in [-0.2, -0.15) is 0 Å². The van der Waals surface area contributed by atoms with Crippen LogP contribution in [0.25, 0.3) is 0 Å². The summed E-state index contributed by atoms with van der Waals surface area (Å²) in [5, 5.41) is 27.5. The fourth-order valence-corrected chi connectivity index (χ4v) is 9.00. The number of nitrogens with zero attached hydrogens (tertiary/aromatic N) is 2. The van der Waals surface area contributed by atoms with Gasteiger partial charge in [0, 0.05) is 24.3 Å². The summed E-state index contributed by atoms with van der Waals surface area (Å²) in [4.78, 5) is 9.68. The van der Waals surface area contributed by atoms with Crippen LogP contribution in [0.4, 0.5) is 11.4 Å². The van der Waals surface area contributed by atoms with Crippen molar-refractivity contribution in [3.63, 3.8) is 0 Å². The minimum Gasteiger partial charge on any atom is -0.872 e. The first-order chi connectivity index (χ1) is 32.2. The number of para-hydroxylation sites is 2. The molecule has 0 aromatic heterocycles. The molecule has 0 heterocycles. The Morgan fingerprint density at radius 3 is 0.910 bits per heavy atom. The largest absolute Gasteiger partial charge is 2.00 e. The van der Waals surface area contributed by atoms with Crippen LogP contribution in [0.2, 0.25) is 0 Å². The predicted molar refractivity (Wildman–Crippen MR) is 274 cm³/mol. The fourth-order valence-electron chi connectivity index (χ4n) is 9.00. The quantitative estimate of drug-likeness (QED) is 0.0619. The van der Waals surface area contributed by atoms with E-state index in [4.69, 9.17) is 9.98 Å². The average Bonchev–Trinajstić information content (AvgIpc) is 3.36. The van der Waals surface area contributed by atoms with Crippen molar-refractivity contribution in [1.82, 2.24) is 0 Å². The van der Waals surface area contributed by atoms with Gasteiger partial charge in [0.25, 0.3) is 0 Å². The molecule has 0 unspecified atom stereocenters. The van der Waals surface area contributed by atoms with Crippen LogP contribution in [0.15, 0.2) is 192 Å². The van der Waals surface area contributed by atoms with Crippen molar-refractivity contribution in [1.29, 1.82) is 0 Å². The minimum atomic E-state index is -0.124. The Morgan fingerprint density at radius 1 is 0.388 bits per heavy atom. The van der Waals surface area contributed by atoms with Gasteiger partial charge in [0.1, 0.15) is 0 Å². The van der Waals surface area contributed by atoms with E-state index < -0.39 is 0 Å². The van der Waals surface area contributed by atoms with Gasteiger partial charge in [-0.3, -0.25) is 9.98 Å². The molecule has 0 atom stereocenters. The Bertz CT molecular complexity index is 2570. The molecule has 0 amide bonds. The molecule has 0 radical (unpaired) electrons. The van der Waals surface area contributed by atoms with Crippen molar-refractivity contribution < 1.29 is 29.7 Å². The molecule has 0 aliphatic carbocycles. The van der Waals surface area contributed by atoms with E-state index in [0.29, 0.717) is 11.1 Å². The topological polar surface area (TPSA) is 70.8 Å². The summed E-state index contributed by atoms with van der Waals surface area (Å²) >= 11 is 0. The zero-order chi connectivity index (χ0) is 46.4. The molecule has 0 aliphatic rings. The molecule has 0 bridgehead atoms. The number of hydrogen-bond acceptors (Lipinski definition) is 4. The van der Waals surface area contributed by atoms with E-state index in [1.54, 1.807) is 12.4 Å². The van der Waals surface area contributed by atoms with E-state index in [1.807, 2.05) is 111 Å². The predicted octanol–water partition coefficient (Wildman–Crippen LogP) is 14.2.